The first-order valence-corrected chi connectivity index (χ1v) is 9.71. The van der Waals surface area contributed by atoms with E-state index in [-0.39, 0.29) is 17.7 Å². The van der Waals surface area contributed by atoms with Crippen molar-refractivity contribution in [2.24, 2.45) is 5.92 Å². The van der Waals surface area contributed by atoms with E-state index in [1.165, 1.54) is 0 Å². The van der Waals surface area contributed by atoms with E-state index in [2.05, 4.69) is 4.90 Å². The highest BCUT2D eigenvalue weighted by Crippen LogP contribution is 2.36. The molecule has 3 aromatic carbocycles. The first-order chi connectivity index (χ1) is 13.1. The van der Waals surface area contributed by atoms with Crippen LogP contribution in [-0.4, -0.2) is 23.8 Å². The lowest BCUT2D eigenvalue weighted by molar-refractivity contribution is 0.0503. The molecule has 0 aliphatic carbocycles. The van der Waals surface area contributed by atoms with Crippen LogP contribution in [0.25, 0.3) is 0 Å². The van der Waals surface area contributed by atoms with Crippen molar-refractivity contribution in [2.75, 3.05) is 13.1 Å². The van der Waals surface area contributed by atoms with Crippen LogP contribution in [0.4, 0.5) is 0 Å². The topological polar surface area (TPSA) is 20.3 Å². The number of carbonyl (C=O) groups excluding carboxylic acids is 1. The van der Waals surface area contributed by atoms with Crippen molar-refractivity contribution in [3.05, 3.63) is 106 Å². The normalized spacial score (nSPS) is 14.9. The molecule has 1 saturated heterocycles. The smallest absolute Gasteiger partial charge is 0.168 e. The third kappa shape index (κ3) is 3.93. The van der Waals surface area contributed by atoms with Gasteiger partial charge in [-0.25, -0.2) is 0 Å². The van der Waals surface area contributed by atoms with Crippen molar-refractivity contribution in [1.82, 2.24) is 4.90 Å². The number of Topliss-reactive ketones (excluding diaryl/α,β-unsaturated/α-hetero) is 1. The fourth-order valence-electron chi connectivity index (χ4n) is 3.63. The fourth-order valence-corrected chi connectivity index (χ4v) is 3.88. The molecule has 4 rings (SSSR count). The number of benzene rings is 3. The van der Waals surface area contributed by atoms with Gasteiger partial charge in [-0.05, 0) is 35.4 Å². The second-order valence-corrected chi connectivity index (χ2v) is 7.76. The lowest BCUT2D eigenvalue weighted by atomic mass is 9.86. The molecule has 0 amide bonds. The zero-order chi connectivity index (χ0) is 18.8. The number of nitrogens with zero attached hydrogens (tertiary/aromatic N) is 1. The largest absolute Gasteiger partial charge is 0.294 e. The Morgan fingerprint density at radius 2 is 1.26 bits per heavy atom. The minimum absolute atomic E-state index is 0.0366. The molecule has 136 valence electrons. The Kier molecular flexibility index (Phi) is 5.31. The zero-order valence-electron chi connectivity index (χ0n) is 14.7. The summed E-state index contributed by atoms with van der Waals surface area (Å²) < 4.78 is 0. The molecule has 0 bridgehead atoms. The van der Waals surface area contributed by atoms with Crippen molar-refractivity contribution < 1.29 is 4.79 Å². The summed E-state index contributed by atoms with van der Waals surface area (Å²) in [5, 5.41) is 1.43. The number of ketones is 1. The van der Waals surface area contributed by atoms with E-state index in [1.807, 2.05) is 78.9 Å². The second kappa shape index (κ2) is 7.85. The van der Waals surface area contributed by atoms with Gasteiger partial charge >= 0.3 is 0 Å². The van der Waals surface area contributed by atoms with Crippen LogP contribution in [0.2, 0.25) is 10.0 Å². The van der Waals surface area contributed by atoms with Gasteiger partial charge in [-0.2, -0.15) is 0 Å². The molecule has 1 aliphatic heterocycles. The highest BCUT2D eigenvalue weighted by atomic mass is 35.5. The summed E-state index contributed by atoms with van der Waals surface area (Å²) in [4.78, 5) is 15.0. The number of likely N-dealkylation sites (tertiary alicyclic amines) is 1. The van der Waals surface area contributed by atoms with Gasteiger partial charge in [0.25, 0.3) is 0 Å². The van der Waals surface area contributed by atoms with Crippen LogP contribution in [0.1, 0.15) is 27.5 Å². The van der Waals surface area contributed by atoms with Crippen LogP contribution in [0.5, 0.6) is 0 Å². The third-order valence-electron chi connectivity index (χ3n) is 5.08. The SMILES string of the molecule is O=C(c1ccccc1)C1CN(C(c2ccc(Cl)cc2)c2ccc(Cl)cc2)C1. The Hall–Kier alpha value is -2.13. The maximum atomic E-state index is 12.7. The van der Waals surface area contributed by atoms with E-state index < -0.39 is 0 Å². The lowest BCUT2D eigenvalue weighted by Gasteiger charge is -2.44. The Bertz CT molecular complexity index is 871. The molecule has 1 aliphatic rings. The van der Waals surface area contributed by atoms with Gasteiger partial charge in [0.2, 0.25) is 0 Å². The monoisotopic (exact) mass is 395 g/mol. The van der Waals surface area contributed by atoms with Crippen molar-refractivity contribution in [2.45, 2.75) is 6.04 Å². The summed E-state index contributed by atoms with van der Waals surface area (Å²) >= 11 is 12.1. The van der Waals surface area contributed by atoms with Gasteiger partial charge in [0.05, 0.1) is 6.04 Å². The Balaban J connectivity index is 1.56. The van der Waals surface area contributed by atoms with Crippen molar-refractivity contribution in [1.29, 1.82) is 0 Å². The van der Waals surface area contributed by atoms with E-state index in [1.54, 1.807) is 0 Å². The molecule has 0 radical (unpaired) electrons. The molecule has 0 unspecified atom stereocenters. The standard InChI is InChI=1S/C23H19Cl2NO/c24-20-10-6-16(7-11-20)22(17-8-12-21(25)13-9-17)26-14-19(15-26)23(27)18-4-2-1-3-5-18/h1-13,19,22H,14-15H2. The molecule has 0 atom stereocenters. The predicted octanol–water partition coefficient (Wildman–Crippen LogP) is 5.90. The Labute approximate surface area is 169 Å². The maximum absolute atomic E-state index is 12.7. The minimum atomic E-state index is 0.0366. The molecule has 1 fully saturated rings. The van der Waals surface area contributed by atoms with Gasteiger partial charge in [-0.3, -0.25) is 9.69 Å². The summed E-state index contributed by atoms with van der Waals surface area (Å²) in [5.41, 5.74) is 3.11. The molecule has 2 nitrogen and oxygen atoms in total. The van der Waals surface area contributed by atoms with E-state index >= 15 is 0 Å². The molecular formula is C23H19Cl2NO. The van der Waals surface area contributed by atoms with Crippen molar-refractivity contribution >= 4 is 29.0 Å². The van der Waals surface area contributed by atoms with Crippen LogP contribution in [-0.2, 0) is 0 Å². The van der Waals surface area contributed by atoms with E-state index in [9.17, 15) is 4.79 Å². The van der Waals surface area contributed by atoms with Gasteiger partial charge in [0.15, 0.2) is 5.78 Å². The molecule has 0 aromatic heterocycles. The lowest BCUT2D eigenvalue weighted by Crippen LogP contribution is -2.52. The van der Waals surface area contributed by atoms with Gasteiger partial charge in [-0.15, -0.1) is 0 Å². The molecular weight excluding hydrogens is 377 g/mol. The number of hydrogen-bond donors (Lipinski definition) is 0. The Morgan fingerprint density at radius 3 is 1.74 bits per heavy atom. The van der Waals surface area contributed by atoms with E-state index in [0.717, 1.165) is 29.8 Å². The summed E-state index contributed by atoms with van der Waals surface area (Å²) in [6.45, 7) is 1.48. The molecule has 27 heavy (non-hydrogen) atoms. The van der Waals surface area contributed by atoms with Crippen molar-refractivity contribution in [3.63, 3.8) is 0 Å². The molecule has 3 aromatic rings. The van der Waals surface area contributed by atoms with Gasteiger partial charge in [-0.1, -0.05) is 77.8 Å². The van der Waals surface area contributed by atoms with Crippen LogP contribution >= 0.6 is 23.2 Å². The van der Waals surface area contributed by atoms with Crippen molar-refractivity contribution in [3.8, 4) is 0 Å². The van der Waals surface area contributed by atoms with E-state index in [4.69, 9.17) is 23.2 Å². The third-order valence-corrected chi connectivity index (χ3v) is 5.58. The quantitative estimate of drug-likeness (QED) is 0.501. The van der Waals surface area contributed by atoms with Crippen LogP contribution < -0.4 is 0 Å². The van der Waals surface area contributed by atoms with Crippen LogP contribution in [0.3, 0.4) is 0 Å². The average molecular weight is 396 g/mol. The van der Waals surface area contributed by atoms with E-state index in [0.29, 0.717) is 10.0 Å². The van der Waals surface area contributed by atoms with Crippen LogP contribution in [0.15, 0.2) is 78.9 Å². The molecule has 4 heteroatoms. The van der Waals surface area contributed by atoms with Gasteiger partial charge in [0, 0.05) is 34.6 Å². The number of carbonyl (C=O) groups is 1. The molecule has 0 N–H and O–H groups in total. The Morgan fingerprint density at radius 1 is 0.778 bits per heavy atom. The highest BCUT2D eigenvalue weighted by Gasteiger charge is 2.38. The molecule has 0 spiro atoms. The second-order valence-electron chi connectivity index (χ2n) is 6.89. The minimum Gasteiger partial charge on any atom is -0.294 e. The predicted molar refractivity (Wildman–Crippen MR) is 111 cm³/mol. The number of rotatable bonds is 5. The van der Waals surface area contributed by atoms with Crippen LogP contribution in [0, 0.1) is 5.92 Å². The van der Waals surface area contributed by atoms with Gasteiger partial charge in [0.1, 0.15) is 0 Å². The summed E-state index contributed by atoms with van der Waals surface area (Å²) in [6, 6.07) is 25.4. The first kappa shape index (κ1) is 18.2. The zero-order valence-corrected chi connectivity index (χ0v) is 16.2. The summed E-state index contributed by atoms with van der Waals surface area (Å²) in [5.74, 6) is 0.257. The number of hydrogen-bond acceptors (Lipinski definition) is 2. The summed E-state index contributed by atoms with van der Waals surface area (Å²) in [6.07, 6.45) is 0. The first-order valence-electron chi connectivity index (χ1n) is 8.96. The summed E-state index contributed by atoms with van der Waals surface area (Å²) in [7, 11) is 0. The number of halogens is 2. The maximum Gasteiger partial charge on any atom is 0.168 e. The molecule has 0 saturated carbocycles. The highest BCUT2D eigenvalue weighted by molar-refractivity contribution is 6.30. The molecule has 1 heterocycles. The fraction of sp³-hybridized carbons (Fsp3) is 0.174. The average Bonchev–Trinajstić information content (AvgIpc) is 2.66. The van der Waals surface area contributed by atoms with Gasteiger partial charge < -0.3 is 0 Å².